The van der Waals surface area contributed by atoms with Crippen molar-refractivity contribution in [3.8, 4) is 0 Å². The van der Waals surface area contributed by atoms with Gasteiger partial charge in [-0.05, 0) is 18.8 Å². The molecule has 3 nitrogen and oxygen atoms in total. The van der Waals surface area contributed by atoms with Gasteiger partial charge in [0.15, 0.2) is 0 Å². The highest BCUT2D eigenvalue weighted by Gasteiger charge is 2.13. The van der Waals surface area contributed by atoms with Crippen LogP contribution in [0.3, 0.4) is 0 Å². The summed E-state index contributed by atoms with van der Waals surface area (Å²) in [5, 5.41) is 9.59. The molecule has 0 aromatic rings. The molecule has 2 saturated heterocycles. The summed E-state index contributed by atoms with van der Waals surface area (Å²) in [5.74, 6) is 1.22. The fourth-order valence-electron chi connectivity index (χ4n) is 1.43. The Morgan fingerprint density at radius 2 is 1.64 bits per heavy atom. The lowest BCUT2D eigenvalue weighted by atomic mass is 10.1. The molecule has 0 aromatic carbocycles. The van der Waals surface area contributed by atoms with Gasteiger partial charge < -0.3 is 14.6 Å². The normalized spacial score (nSPS) is 31.3. The molecule has 2 unspecified atom stereocenters. The van der Waals surface area contributed by atoms with Crippen molar-refractivity contribution in [1.82, 2.24) is 0 Å². The molecule has 4 heteroatoms. The van der Waals surface area contributed by atoms with Crippen LogP contribution >= 0.6 is 15.9 Å². The third-order valence-corrected chi connectivity index (χ3v) is 3.44. The van der Waals surface area contributed by atoms with E-state index in [9.17, 15) is 0 Å². The molecule has 0 radical (unpaired) electrons. The standard InChI is InChI=1S/C5H9BrO.C5H10O2/c2*6-3-5-1-2-7-4-5/h5H,1-4H2;5-6H,1-4H2. The topological polar surface area (TPSA) is 38.7 Å². The number of rotatable bonds is 2. The lowest BCUT2D eigenvalue weighted by Gasteiger charge is -1.96. The molecule has 2 rings (SSSR count). The average Bonchev–Trinajstić information content (AvgIpc) is 2.92. The Kier molecular flexibility index (Phi) is 6.77. The zero-order valence-electron chi connectivity index (χ0n) is 8.45. The molecule has 2 atom stereocenters. The Hall–Kier alpha value is 0.360. The minimum absolute atomic E-state index is 0.292. The van der Waals surface area contributed by atoms with Crippen LogP contribution in [0.15, 0.2) is 0 Å². The van der Waals surface area contributed by atoms with Gasteiger partial charge in [-0.15, -0.1) is 0 Å². The quantitative estimate of drug-likeness (QED) is 0.769. The van der Waals surface area contributed by atoms with E-state index in [-0.39, 0.29) is 0 Å². The van der Waals surface area contributed by atoms with Crippen LogP contribution in [0.2, 0.25) is 0 Å². The van der Waals surface area contributed by atoms with Crippen LogP contribution in [0.25, 0.3) is 0 Å². The van der Waals surface area contributed by atoms with Gasteiger partial charge in [0.25, 0.3) is 0 Å². The largest absolute Gasteiger partial charge is 0.396 e. The van der Waals surface area contributed by atoms with Crippen LogP contribution in [0.5, 0.6) is 0 Å². The summed E-state index contributed by atoms with van der Waals surface area (Å²) in [7, 11) is 0. The SMILES string of the molecule is BrCC1CCOC1.OCC1CCOC1. The van der Waals surface area contributed by atoms with Crippen LogP contribution in [0, 0.1) is 11.8 Å². The number of halogens is 1. The number of aliphatic hydroxyl groups is 1. The fraction of sp³-hybridized carbons (Fsp3) is 1.00. The molecular weight excluding hydrogens is 248 g/mol. The van der Waals surface area contributed by atoms with Crippen LogP contribution in [-0.4, -0.2) is 43.5 Å². The average molecular weight is 267 g/mol. The number of ether oxygens (including phenoxy) is 2. The maximum Gasteiger partial charge on any atom is 0.0517 e. The first kappa shape index (κ1) is 12.4. The molecule has 2 aliphatic heterocycles. The molecule has 0 aliphatic carbocycles. The second kappa shape index (κ2) is 7.63. The lowest BCUT2D eigenvalue weighted by molar-refractivity contribution is 0.161. The maximum absolute atomic E-state index is 8.49. The van der Waals surface area contributed by atoms with Gasteiger partial charge in [-0.1, -0.05) is 15.9 Å². The van der Waals surface area contributed by atoms with Crippen LogP contribution < -0.4 is 0 Å². The van der Waals surface area contributed by atoms with Gasteiger partial charge in [0.05, 0.1) is 13.2 Å². The van der Waals surface area contributed by atoms with E-state index in [4.69, 9.17) is 14.6 Å². The highest BCUT2D eigenvalue weighted by atomic mass is 79.9. The fourth-order valence-corrected chi connectivity index (χ4v) is 1.94. The van der Waals surface area contributed by atoms with Gasteiger partial charge in [0, 0.05) is 31.1 Å². The van der Waals surface area contributed by atoms with Gasteiger partial charge in [-0.25, -0.2) is 0 Å². The predicted octanol–water partition coefficient (Wildman–Crippen LogP) is 1.43. The van der Waals surface area contributed by atoms with Gasteiger partial charge in [0.2, 0.25) is 0 Å². The second-order valence-electron chi connectivity index (χ2n) is 3.80. The highest BCUT2D eigenvalue weighted by molar-refractivity contribution is 9.09. The molecule has 14 heavy (non-hydrogen) atoms. The lowest BCUT2D eigenvalue weighted by Crippen LogP contribution is -2.03. The summed E-state index contributed by atoms with van der Waals surface area (Å²) >= 11 is 3.40. The first-order chi connectivity index (χ1) is 6.86. The third kappa shape index (κ3) is 4.73. The van der Waals surface area contributed by atoms with Crippen LogP contribution in [-0.2, 0) is 9.47 Å². The van der Waals surface area contributed by atoms with Gasteiger partial charge in [-0.2, -0.15) is 0 Å². The first-order valence-electron chi connectivity index (χ1n) is 5.19. The Balaban J connectivity index is 0.000000140. The summed E-state index contributed by atoms with van der Waals surface area (Å²) in [4.78, 5) is 0. The molecule has 2 fully saturated rings. The smallest absolute Gasteiger partial charge is 0.0517 e. The van der Waals surface area contributed by atoms with Crippen molar-refractivity contribution < 1.29 is 14.6 Å². The number of alkyl halides is 1. The van der Waals surface area contributed by atoms with E-state index in [0.29, 0.717) is 12.5 Å². The molecule has 0 amide bonds. The van der Waals surface area contributed by atoms with Crippen LogP contribution in [0.1, 0.15) is 12.8 Å². The van der Waals surface area contributed by atoms with E-state index < -0.39 is 0 Å². The predicted molar refractivity (Wildman–Crippen MR) is 58.7 cm³/mol. The molecule has 0 aromatic heterocycles. The Morgan fingerprint density at radius 3 is 1.86 bits per heavy atom. The monoisotopic (exact) mass is 266 g/mol. The minimum Gasteiger partial charge on any atom is -0.396 e. The zero-order valence-corrected chi connectivity index (χ0v) is 10.0. The number of aliphatic hydroxyl groups excluding tert-OH is 1. The second-order valence-corrected chi connectivity index (χ2v) is 4.44. The molecule has 84 valence electrons. The third-order valence-electron chi connectivity index (χ3n) is 2.52. The minimum atomic E-state index is 0.292. The molecule has 2 heterocycles. The zero-order chi connectivity index (χ0) is 10.2. The molecule has 0 saturated carbocycles. The maximum atomic E-state index is 8.49. The van der Waals surface area contributed by atoms with Crippen molar-refractivity contribution in [1.29, 1.82) is 0 Å². The van der Waals surface area contributed by atoms with Crippen molar-refractivity contribution in [2.75, 3.05) is 38.4 Å². The first-order valence-corrected chi connectivity index (χ1v) is 6.31. The molecule has 1 N–H and O–H groups in total. The Labute approximate surface area is 93.9 Å². The number of hydrogen-bond acceptors (Lipinski definition) is 3. The molecule has 0 bridgehead atoms. The summed E-state index contributed by atoms with van der Waals surface area (Å²) in [5.41, 5.74) is 0. The highest BCUT2D eigenvalue weighted by Crippen LogP contribution is 2.13. The number of hydrogen-bond donors (Lipinski definition) is 1. The van der Waals surface area contributed by atoms with E-state index in [2.05, 4.69) is 15.9 Å². The Morgan fingerprint density at radius 1 is 1.07 bits per heavy atom. The Bertz CT molecular complexity index is 115. The van der Waals surface area contributed by atoms with Gasteiger partial charge in [0.1, 0.15) is 0 Å². The van der Waals surface area contributed by atoms with Gasteiger partial charge >= 0.3 is 0 Å². The van der Waals surface area contributed by atoms with Crippen LogP contribution in [0.4, 0.5) is 0 Å². The van der Waals surface area contributed by atoms with E-state index in [1.807, 2.05) is 0 Å². The van der Waals surface area contributed by atoms with E-state index >= 15 is 0 Å². The van der Waals surface area contributed by atoms with E-state index in [1.165, 1.54) is 6.42 Å². The molecular formula is C10H19BrO3. The summed E-state index contributed by atoms with van der Waals surface area (Å²) in [6.07, 6.45) is 2.28. The van der Waals surface area contributed by atoms with Crippen molar-refractivity contribution in [2.45, 2.75) is 12.8 Å². The summed E-state index contributed by atoms with van der Waals surface area (Å²) < 4.78 is 10.1. The van der Waals surface area contributed by atoms with E-state index in [1.54, 1.807) is 0 Å². The summed E-state index contributed by atoms with van der Waals surface area (Å²) in [6, 6.07) is 0. The van der Waals surface area contributed by atoms with Crippen molar-refractivity contribution in [3.63, 3.8) is 0 Å². The van der Waals surface area contributed by atoms with Gasteiger partial charge in [-0.3, -0.25) is 0 Å². The molecule has 2 aliphatic rings. The summed E-state index contributed by atoms with van der Waals surface area (Å²) in [6.45, 7) is 3.82. The van der Waals surface area contributed by atoms with Crippen molar-refractivity contribution in [2.24, 2.45) is 11.8 Å². The van der Waals surface area contributed by atoms with E-state index in [0.717, 1.165) is 44.1 Å². The van der Waals surface area contributed by atoms with Crippen molar-refractivity contribution >= 4 is 15.9 Å². The molecule has 0 spiro atoms. The van der Waals surface area contributed by atoms with Crippen molar-refractivity contribution in [3.05, 3.63) is 0 Å².